The number of phenols is 1. The normalized spacial score (nSPS) is 11.8. The third kappa shape index (κ3) is 5.34. The van der Waals surface area contributed by atoms with Crippen LogP contribution in [0.5, 0.6) is 11.5 Å². The molecule has 0 radical (unpaired) electrons. The number of para-hydroxylation sites is 1. The predicted octanol–water partition coefficient (Wildman–Crippen LogP) is 3.37. The van der Waals surface area contributed by atoms with Crippen molar-refractivity contribution in [1.29, 1.82) is 0 Å². The zero-order valence-electron chi connectivity index (χ0n) is 12.8. The number of thioether (sulfide) groups is 1. The van der Waals surface area contributed by atoms with Crippen molar-refractivity contribution in [2.45, 2.75) is 12.7 Å². The number of hydrogen-bond donors (Lipinski definition) is 2. The summed E-state index contributed by atoms with van der Waals surface area (Å²) in [4.78, 5) is 0. The maximum absolute atomic E-state index is 10.0. The van der Waals surface area contributed by atoms with Gasteiger partial charge in [0, 0.05) is 11.3 Å². The molecule has 0 bridgehead atoms. The lowest BCUT2D eigenvalue weighted by Gasteiger charge is -2.06. The highest BCUT2D eigenvalue weighted by Crippen LogP contribution is 2.28. The van der Waals surface area contributed by atoms with E-state index in [1.165, 1.54) is 23.5 Å². The number of aromatic hydroxyl groups is 1. The second-order valence-electron chi connectivity index (χ2n) is 4.58. The van der Waals surface area contributed by atoms with Gasteiger partial charge in [-0.25, -0.2) is 0 Å². The molecule has 0 atom stereocenters. The summed E-state index contributed by atoms with van der Waals surface area (Å²) in [5.41, 5.74) is 7.51. The molecular weight excluding hydrogens is 310 g/mol. The number of nitrogens with two attached hydrogens (primary N) is 1. The SMILES string of the molecule is CCOc1cccc(C=NN=C(N)SCc2ccccc2)c1O. The predicted molar refractivity (Wildman–Crippen MR) is 96.2 cm³/mol. The molecule has 0 fully saturated rings. The minimum absolute atomic E-state index is 0.0452. The summed E-state index contributed by atoms with van der Waals surface area (Å²) < 4.78 is 5.32. The molecule has 0 unspecified atom stereocenters. The second-order valence-corrected chi connectivity index (χ2v) is 5.58. The van der Waals surface area contributed by atoms with Gasteiger partial charge in [-0.05, 0) is 24.6 Å². The van der Waals surface area contributed by atoms with Gasteiger partial charge in [0.15, 0.2) is 16.7 Å². The smallest absolute Gasteiger partial charge is 0.180 e. The Morgan fingerprint density at radius 1 is 1.22 bits per heavy atom. The Balaban J connectivity index is 1.96. The molecule has 0 aromatic heterocycles. The van der Waals surface area contributed by atoms with E-state index in [0.29, 0.717) is 23.1 Å². The fraction of sp³-hybridized carbons (Fsp3) is 0.176. The first kappa shape index (κ1) is 16.9. The molecule has 5 nitrogen and oxygen atoms in total. The van der Waals surface area contributed by atoms with Crippen LogP contribution < -0.4 is 10.5 Å². The van der Waals surface area contributed by atoms with Crippen molar-refractivity contribution in [2.24, 2.45) is 15.9 Å². The van der Waals surface area contributed by atoms with Crippen molar-refractivity contribution < 1.29 is 9.84 Å². The average Bonchev–Trinajstić information content (AvgIpc) is 2.57. The van der Waals surface area contributed by atoms with Crippen LogP contribution in [0.3, 0.4) is 0 Å². The summed E-state index contributed by atoms with van der Waals surface area (Å²) >= 11 is 1.41. The van der Waals surface area contributed by atoms with Gasteiger partial charge in [0.1, 0.15) is 0 Å². The van der Waals surface area contributed by atoms with Crippen LogP contribution in [-0.4, -0.2) is 23.1 Å². The molecule has 3 N–H and O–H groups in total. The zero-order chi connectivity index (χ0) is 16.5. The summed E-state index contributed by atoms with van der Waals surface area (Å²) in [5, 5.41) is 18.2. The Bertz CT molecular complexity index is 687. The summed E-state index contributed by atoms with van der Waals surface area (Å²) in [5.74, 6) is 1.20. The molecule has 0 aliphatic rings. The zero-order valence-corrected chi connectivity index (χ0v) is 13.7. The summed E-state index contributed by atoms with van der Waals surface area (Å²) in [6, 6.07) is 15.2. The van der Waals surface area contributed by atoms with Gasteiger partial charge >= 0.3 is 0 Å². The molecule has 0 saturated carbocycles. The topological polar surface area (TPSA) is 80.2 Å². The Hall–Kier alpha value is -2.47. The molecule has 120 valence electrons. The van der Waals surface area contributed by atoms with Gasteiger partial charge in [-0.2, -0.15) is 5.10 Å². The van der Waals surface area contributed by atoms with Crippen LogP contribution in [0, 0.1) is 0 Å². The number of rotatable bonds is 6. The number of benzene rings is 2. The van der Waals surface area contributed by atoms with Gasteiger partial charge < -0.3 is 15.6 Å². The van der Waals surface area contributed by atoms with Crippen molar-refractivity contribution in [3.05, 3.63) is 59.7 Å². The van der Waals surface area contributed by atoms with Crippen LogP contribution in [0.2, 0.25) is 0 Å². The highest BCUT2D eigenvalue weighted by Gasteiger charge is 2.05. The van der Waals surface area contributed by atoms with E-state index in [4.69, 9.17) is 10.5 Å². The highest BCUT2D eigenvalue weighted by molar-refractivity contribution is 8.13. The van der Waals surface area contributed by atoms with E-state index >= 15 is 0 Å². The minimum Gasteiger partial charge on any atom is -0.504 e. The van der Waals surface area contributed by atoms with Gasteiger partial charge in [-0.1, -0.05) is 48.2 Å². The van der Waals surface area contributed by atoms with Gasteiger partial charge in [0.25, 0.3) is 0 Å². The van der Waals surface area contributed by atoms with Crippen LogP contribution in [0.4, 0.5) is 0 Å². The molecule has 0 saturated heterocycles. The Kier molecular flexibility index (Phi) is 6.50. The number of phenolic OH excluding ortho intramolecular Hbond substituents is 1. The highest BCUT2D eigenvalue weighted by atomic mass is 32.2. The first-order chi connectivity index (χ1) is 11.2. The summed E-state index contributed by atoms with van der Waals surface area (Å²) in [7, 11) is 0. The van der Waals surface area contributed by atoms with Crippen molar-refractivity contribution in [1.82, 2.24) is 0 Å². The summed E-state index contributed by atoms with van der Waals surface area (Å²) in [6.45, 7) is 2.34. The first-order valence-corrected chi connectivity index (χ1v) is 8.17. The molecule has 23 heavy (non-hydrogen) atoms. The molecule has 0 aliphatic heterocycles. The van der Waals surface area contributed by atoms with Crippen molar-refractivity contribution in [3.63, 3.8) is 0 Å². The maximum atomic E-state index is 10.0. The number of ether oxygens (including phenoxy) is 1. The summed E-state index contributed by atoms with van der Waals surface area (Å²) in [6.07, 6.45) is 1.45. The standard InChI is InChI=1S/C17H19N3O2S/c1-2-22-15-10-6-9-14(16(15)21)11-19-20-17(18)23-12-13-7-4-3-5-8-13/h3-11,21H,2,12H2,1H3,(H2,18,20). The van der Waals surface area contributed by atoms with Crippen molar-refractivity contribution >= 4 is 23.1 Å². The van der Waals surface area contributed by atoms with Crippen LogP contribution in [0.1, 0.15) is 18.1 Å². The van der Waals surface area contributed by atoms with Crippen LogP contribution >= 0.6 is 11.8 Å². The average molecular weight is 329 g/mol. The molecule has 0 amide bonds. The number of nitrogens with zero attached hydrogens (tertiary/aromatic N) is 2. The fourth-order valence-electron chi connectivity index (χ4n) is 1.82. The van der Waals surface area contributed by atoms with E-state index < -0.39 is 0 Å². The largest absolute Gasteiger partial charge is 0.504 e. The Morgan fingerprint density at radius 3 is 2.74 bits per heavy atom. The quantitative estimate of drug-likeness (QED) is 0.484. The van der Waals surface area contributed by atoms with E-state index in [-0.39, 0.29) is 5.75 Å². The monoisotopic (exact) mass is 329 g/mol. The molecule has 2 aromatic rings. The lowest BCUT2D eigenvalue weighted by atomic mass is 10.2. The van der Waals surface area contributed by atoms with Crippen LogP contribution in [0.15, 0.2) is 58.7 Å². The Morgan fingerprint density at radius 2 is 2.00 bits per heavy atom. The van der Waals surface area contributed by atoms with Gasteiger partial charge in [-0.15, -0.1) is 5.10 Å². The Labute approximate surface area is 139 Å². The molecular formula is C17H19N3O2S. The number of hydrogen-bond acceptors (Lipinski definition) is 5. The molecule has 2 aromatic carbocycles. The van der Waals surface area contributed by atoms with Gasteiger partial charge in [0.2, 0.25) is 0 Å². The maximum Gasteiger partial charge on any atom is 0.180 e. The number of amidine groups is 1. The molecule has 2 rings (SSSR count). The van der Waals surface area contributed by atoms with E-state index in [1.54, 1.807) is 18.2 Å². The van der Waals surface area contributed by atoms with Crippen LogP contribution in [0.25, 0.3) is 0 Å². The lowest BCUT2D eigenvalue weighted by molar-refractivity contribution is 0.318. The van der Waals surface area contributed by atoms with Gasteiger partial charge in [0.05, 0.1) is 12.8 Å². The van der Waals surface area contributed by atoms with E-state index in [0.717, 1.165) is 5.75 Å². The first-order valence-electron chi connectivity index (χ1n) is 7.18. The minimum atomic E-state index is 0.0452. The van der Waals surface area contributed by atoms with Crippen molar-refractivity contribution in [3.8, 4) is 11.5 Å². The van der Waals surface area contributed by atoms with E-state index in [9.17, 15) is 5.11 Å². The third-order valence-electron chi connectivity index (χ3n) is 2.91. The van der Waals surface area contributed by atoms with E-state index in [2.05, 4.69) is 10.2 Å². The third-order valence-corrected chi connectivity index (χ3v) is 3.77. The van der Waals surface area contributed by atoms with E-state index in [1.807, 2.05) is 37.3 Å². The molecule has 0 spiro atoms. The van der Waals surface area contributed by atoms with Crippen molar-refractivity contribution in [2.75, 3.05) is 6.61 Å². The van der Waals surface area contributed by atoms with Crippen LogP contribution in [-0.2, 0) is 5.75 Å². The molecule has 6 heteroatoms. The fourth-order valence-corrected chi connectivity index (χ4v) is 2.44. The molecule has 0 heterocycles. The lowest BCUT2D eigenvalue weighted by Crippen LogP contribution is -2.06. The second kappa shape index (κ2) is 8.85. The molecule has 0 aliphatic carbocycles. The van der Waals surface area contributed by atoms with Gasteiger partial charge in [-0.3, -0.25) is 0 Å².